The van der Waals surface area contributed by atoms with Crippen molar-refractivity contribution in [1.29, 1.82) is 0 Å². The van der Waals surface area contributed by atoms with Crippen LogP contribution in [-0.4, -0.2) is 4.98 Å². The Morgan fingerprint density at radius 1 is 1.00 bits per heavy atom. The van der Waals surface area contributed by atoms with Gasteiger partial charge in [-0.3, -0.25) is 0 Å². The second-order valence-electron chi connectivity index (χ2n) is 6.68. The molecule has 0 saturated heterocycles. The summed E-state index contributed by atoms with van der Waals surface area (Å²) in [4.78, 5) is 4.76. The first-order valence-electron chi connectivity index (χ1n) is 8.33. The molecule has 24 heavy (non-hydrogen) atoms. The predicted molar refractivity (Wildman–Crippen MR) is 103 cm³/mol. The number of benzene rings is 2. The molecule has 2 heterocycles. The molecule has 0 spiro atoms. The van der Waals surface area contributed by atoms with Crippen LogP contribution in [0.3, 0.4) is 0 Å². The summed E-state index contributed by atoms with van der Waals surface area (Å²) in [6.07, 6.45) is 1.94. The molecule has 2 nitrogen and oxygen atoms in total. The van der Waals surface area contributed by atoms with E-state index in [1.54, 1.807) is 0 Å². The number of aromatic nitrogens is 2. The van der Waals surface area contributed by atoms with E-state index in [4.69, 9.17) is 4.98 Å². The second-order valence-corrected chi connectivity index (χ2v) is 7.70. The molecule has 0 bridgehead atoms. The van der Waals surface area contributed by atoms with Crippen LogP contribution < -0.4 is 4.57 Å². The third kappa shape index (κ3) is 2.23. The summed E-state index contributed by atoms with van der Waals surface area (Å²) in [5.74, 6) is 0.512. The van der Waals surface area contributed by atoms with Crippen LogP contribution >= 0.6 is 11.3 Å². The number of rotatable bonds is 2. The maximum absolute atomic E-state index is 4.76. The lowest BCUT2D eigenvalue weighted by Crippen LogP contribution is -2.31. The lowest BCUT2D eigenvalue weighted by Gasteiger charge is -2.06. The Morgan fingerprint density at radius 3 is 2.54 bits per heavy atom. The van der Waals surface area contributed by atoms with Gasteiger partial charge in [0, 0.05) is 15.6 Å². The van der Waals surface area contributed by atoms with Crippen molar-refractivity contribution >= 4 is 31.6 Å². The Labute approximate surface area is 146 Å². The first-order chi connectivity index (χ1) is 11.6. The van der Waals surface area contributed by atoms with Gasteiger partial charge in [0.15, 0.2) is 5.69 Å². The van der Waals surface area contributed by atoms with Crippen LogP contribution in [0.4, 0.5) is 0 Å². The van der Waals surface area contributed by atoms with Crippen LogP contribution in [0.1, 0.15) is 30.9 Å². The number of fused-ring (bicyclic) bond motifs is 3. The van der Waals surface area contributed by atoms with Crippen LogP contribution in [0.5, 0.6) is 0 Å². The molecule has 0 amide bonds. The van der Waals surface area contributed by atoms with E-state index in [1.165, 1.54) is 37.2 Å². The standard InChI is InChI=1S/C21H21N2S/c1-13(2)15-10-7-11-17-18-21(24-20(15)17)19(23(4)12-22-18)16-9-6-5-8-14(16)3/h5-13H,1-4H3/q+1. The Morgan fingerprint density at radius 2 is 1.79 bits per heavy atom. The Kier molecular flexibility index (Phi) is 3.61. The summed E-state index contributed by atoms with van der Waals surface area (Å²) < 4.78 is 4.79. The van der Waals surface area contributed by atoms with E-state index >= 15 is 0 Å². The van der Waals surface area contributed by atoms with E-state index in [2.05, 4.69) is 74.9 Å². The van der Waals surface area contributed by atoms with Crippen LogP contribution in [0, 0.1) is 6.92 Å². The quantitative estimate of drug-likeness (QED) is 0.450. The highest BCUT2D eigenvalue weighted by atomic mass is 32.1. The fourth-order valence-electron chi connectivity index (χ4n) is 3.38. The zero-order chi connectivity index (χ0) is 16.8. The lowest BCUT2D eigenvalue weighted by molar-refractivity contribution is -0.662. The molecule has 0 unspecified atom stereocenters. The highest BCUT2D eigenvalue weighted by molar-refractivity contribution is 7.26. The maximum Gasteiger partial charge on any atom is 0.287 e. The van der Waals surface area contributed by atoms with Crippen molar-refractivity contribution in [3.63, 3.8) is 0 Å². The van der Waals surface area contributed by atoms with Crippen LogP contribution in [0.2, 0.25) is 0 Å². The molecular weight excluding hydrogens is 312 g/mol. The van der Waals surface area contributed by atoms with Crippen molar-refractivity contribution in [2.24, 2.45) is 7.05 Å². The fraction of sp³-hybridized carbons (Fsp3) is 0.238. The van der Waals surface area contributed by atoms with Gasteiger partial charge in [-0.25, -0.2) is 4.57 Å². The lowest BCUT2D eigenvalue weighted by atomic mass is 10.0. The highest BCUT2D eigenvalue weighted by Crippen LogP contribution is 2.40. The van der Waals surface area contributed by atoms with E-state index in [0.717, 1.165) is 5.52 Å². The first kappa shape index (κ1) is 15.3. The molecule has 120 valence electrons. The average molecular weight is 333 g/mol. The van der Waals surface area contributed by atoms with Gasteiger partial charge >= 0.3 is 0 Å². The second kappa shape index (κ2) is 5.67. The maximum atomic E-state index is 4.76. The first-order valence-corrected chi connectivity index (χ1v) is 9.15. The highest BCUT2D eigenvalue weighted by Gasteiger charge is 2.22. The number of hydrogen-bond donors (Lipinski definition) is 0. The molecule has 4 aromatic rings. The molecule has 0 radical (unpaired) electrons. The van der Waals surface area contributed by atoms with Crippen molar-refractivity contribution in [3.05, 3.63) is 59.9 Å². The predicted octanol–water partition coefficient (Wildman–Crippen LogP) is 5.37. The molecule has 0 fully saturated rings. The molecule has 2 aromatic heterocycles. The summed E-state index contributed by atoms with van der Waals surface area (Å²) in [5, 5.41) is 1.27. The zero-order valence-corrected chi connectivity index (χ0v) is 15.3. The van der Waals surface area contributed by atoms with Gasteiger partial charge in [-0.1, -0.05) is 50.2 Å². The number of nitrogens with zero attached hydrogens (tertiary/aromatic N) is 2. The van der Waals surface area contributed by atoms with Gasteiger partial charge in [0.25, 0.3) is 6.33 Å². The van der Waals surface area contributed by atoms with Gasteiger partial charge in [0.1, 0.15) is 4.70 Å². The summed E-state index contributed by atoms with van der Waals surface area (Å²) in [6, 6.07) is 15.2. The van der Waals surface area contributed by atoms with Gasteiger partial charge in [-0.15, -0.1) is 11.3 Å². The topological polar surface area (TPSA) is 16.8 Å². The molecule has 0 aliphatic carbocycles. The minimum absolute atomic E-state index is 0.512. The van der Waals surface area contributed by atoms with Crippen molar-refractivity contribution < 1.29 is 4.57 Å². The molecule has 0 N–H and O–H groups in total. The van der Waals surface area contributed by atoms with E-state index in [0.29, 0.717) is 5.92 Å². The van der Waals surface area contributed by atoms with Gasteiger partial charge in [-0.05, 0) is 35.0 Å². The Hall–Kier alpha value is -2.26. The van der Waals surface area contributed by atoms with E-state index < -0.39 is 0 Å². The molecule has 4 rings (SSSR count). The zero-order valence-electron chi connectivity index (χ0n) is 14.5. The summed E-state index contributed by atoms with van der Waals surface area (Å²) in [6.45, 7) is 6.69. The average Bonchev–Trinajstić information content (AvgIpc) is 2.94. The molecule has 3 heteroatoms. The largest absolute Gasteiger partial charge is 0.287 e. The SMILES string of the molecule is Cc1ccccc1-c1c2sc3c(C(C)C)cccc3c2nc[n+]1C. The van der Waals surface area contributed by atoms with Gasteiger partial charge in [-0.2, -0.15) is 0 Å². The van der Waals surface area contributed by atoms with Gasteiger partial charge in [0.2, 0.25) is 5.52 Å². The van der Waals surface area contributed by atoms with E-state index in [-0.39, 0.29) is 0 Å². The van der Waals surface area contributed by atoms with Crippen molar-refractivity contribution in [1.82, 2.24) is 4.98 Å². The normalized spacial score (nSPS) is 11.7. The van der Waals surface area contributed by atoms with Crippen LogP contribution in [0.25, 0.3) is 31.6 Å². The van der Waals surface area contributed by atoms with Gasteiger partial charge in [0.05, 0.1) is 7.05 Å². The van der Waals surface area contributed by atoms with Crippen LogP contribution in [-0.2, 0) is 7.05 Å². The van der Waals surface area contributed by atoms with Crippen molar-refractivity contribution in [2.75, 3.05) is 0 Å². The fourth-order valence-corrected chi connectivity index (χ4v) is 4.89. The van der Waals surface area contributed by atoms with E-state index in [1.807, 2.05) is 17.7 Å². The summed E-state index contributed by atoms with van der Waals surface area (Å²) in [7, 11) is 2.09. The third-order valence-electron chi connectivity index (χ3n) is 4.67. The number of aryl methyl sites for hydroxylation is 2. The number of thiophene rings is 1. The minimum atomic E-state index is 0.512. The molecule has 0 aliphatic rings. The summed E-state index contributed by atoms with van der Waals surface area (Å²) >= 11 is 1.88. The summed E-state index contributed by atoms with van der Waals surface area (Å²) in [5.41, 5.74) is 6.36. The Balaban J connectivity index is 2.15. The van der Waals surface area contributed by atoms with Crippen molar-refractivity contribution in [2.45, 2.75) is 26.7 Å². The molecular formula is C21H21N2S+. The number of hydrogen-bond acceptors (Lipinski definition) is 2. The molecule has 2 aromatic carbocycles. The van der Waals surface area contributed by atoms with Gasteiger partial charge < -0.3 is 0 Å². The molecule has 0 saturated carbocycles. The molecule has 0 atom stereocenters. The van der Waals surface area contributed by atoms with Crippen molar-refractivity contribution in [3.8, 4) is 11.3 Å². The Bertz CT molecular complexity index is 1060. The minimum Gasteiger partial charge on any atom is -0.231 e. The van der Waals surface area contributed by atoms with E-state index in [9.17, 15) is 0 Å². The smallest absolute Gasteiger partial charge is 0.231 e. The monoisotopic (exact) mass is 333 g/mol. The molecule has 0 aliphatic heterocycles. The van der Waals surface area contributed by atoms with Crippen LogP contribution in [0.15, 0.2) is 48.8 Å². The third-order valence-corrected chi connectivity index (χ3v) is 5.92.